The molecule has 1 fully saturated rings. The van der Waals surface area contributed by atoms with Crippen LogP contribution in [-0.2, 0) is 6.42 Å². The second kappa shape index (κ2) is 5.01. The van der Waals surface area contributed by atoms with Crippen molar-refractivity contribution in [2.24, 2.45) is 0 Å². The average molecular weight is 266 g/mol. The van der Waals surface area contributed by atoms with E-state index in [1.165, 1.54) is 12.8 Å². The van der Waals surface area contributed by atoms with Crippen molar-refractivity contribution in [3.05, 3.63) is 35.7 Å². The van der Waals surface area contributed by atoms with E-state index in [1.54, 1.807) is 6.07 Å². The molecule has 0 bridgehead atoms. The maximum absolute atomic E-state index is 9.01. The maximum atomic E-state index is 9.01. The third-order valence-electron chi connectivity index (χ3n) is 3.67. The minimum atomic E-state index is 0.525. The van der Waals surface area contributed by atoms with Gasteiger partial charge in [-0.25, -0.2) is 4.98 Å². The van der Waals surface area contributed by atoms with E-state index in [4.69, 9.17) is 16.0 Å². The summed E-state index contributed by atoms with van der Waals surface area (Å²) >= 11 is 0. The first-order valence-corrected chi connectivity index (χ1v) is 7.11. The van der Waals surface area contributed by atoms with Gasteiger partial charge in [-0.05, 0) is 31.4 Å². The van der Waals surface area contributed by atoms with Gasteiger partial charge in [-0.15, -0.1) is 0 Å². The van der Waals surface area contributed by atoms with Crippen molar-refractivity contribution >= 4 is 5.82 Å². The summed E-state index contributed by atoms with van der Waals surface area (Å²) in [5, 5.41) is 9.01. The van der Waals surface area contributed by atoms with Crippen LogP contribution in [0.15, 0.2) is 24.3 Å². The van der Waals surface area contributed by atoms with Crippen molar-refractivity contribution in [1.29, 1.82) is 5.26 Å². The number of aromatic nitrogens is 2. The average Bonchev–Trinajstić information content (AvgIpc) is 3.24. The minimum Gasteiger partial charge on any atom is -0.383 e. The highest BCUT2D eigenvalue weighted by atomic mass is 15.2. The summed E-state index contributed by atoms with van der Waals surface area (Å²) in [6, 6.07) is 10.2. The Bertz CT molecular complexity index is 674. The molecule has 2 aromatic rings. The fourth-order valence-electron chi connectivity index (χ4n) is 2.58. The highest BCUT2D eigenvalue weighted by Gasteiger charge is 2.29. The first kappa shape index (κ1) is 12.7. The first-order valence-electron chi connectivity index (χ1n) is 7.11. The highest BCUT2D eigenvalue weighted by molar-refractivity contribution is 5.72. The van der Waals surface area contributed by atoms with E-state index >= 15 is 0 Å². The molecule has 20 heavy (non-hydrogen) atoms. The Hall–Kier alpha value is -2.28. The zero-order valence-electron chi connectivity index (χ0n) is 11.6. The molecule has 0 atom stereocenters. The molecule has 1 heterocycles. The number of nitrogen functional groups attached to an aromatic ring is 1. The molecule has 0 amide bonds. The number of nitriles is 1. The highest BCUT2D eigenvalue weighted by Crippen LogP contribution is 2.41. The number of anilines is 1. The number of rotatable bonds is 4. The fourth-order valence-corrected chi connectivity index (χ4v) is 2.58. The molecule has 1 aromatic carbocycles. The Labute approximate surface area is 118 Å². The van der Waals surface area contributed by atoms with Gasteiger partial charge in [-0.2, -0.15) is 5.26 Å². The van der Waals surface area contributed by atoms with Gasteiger partial charge in [0.15, 0.2) is 0 Å². The summed E-state index contributed by atoms with van der Waals surface area (Å²) in [5.74, 6) is 1.82. The Kier molecular flexibility index (Phi) is 3.19. The number of hydrogen-bond donors (Lipinski definition) is 1. The number of nitrogens with two attached hydrogens (primary N) is 1. The molecule has 1 aliphatic carbocycles. The standard InChI is InChI=1S/C16H18N4/c1-2-4-14-19-15(16(18)20(14)13-7-8-13)12-6-3-5-11(9-12)10-17/h3,5-6,9,13H,2,4,7-8,18H2,1H3. The number of benzene rings is 1. The van der Waals surface area contributed by atoms with Crippen LogP contribution in [0.3, 0.4) is 0 Å². The smallest absolute Gasteiger partial charge is 0.131 e. The van der Waals surface area contributed by atoms with Crippen LogP contribution in [0, 0.1) is 11.3 Å². The summed E-state index contributed by atoms with van der Waals surface area (Å²) in [6.07, 6.45) is 4.38. The molecule has 1 aliphatic rings. The van der Waals surface area contributed by atoms with Gasteiger partial charge in [0, 0.05) is 18.0 Å². The Morgan fingerprint density at radius 1 is 1.45 bits per heavy atom. The molecule has 4 nitrogen and oxygen atoms in total. The van der Waals surface area contributed by atoms with Crippen LogP contribution in [0.5, 0.6) is 0 Å². The van der Waals surface area contributed by atoms with E-state index in [0.717, 1.165) is 35.7 Å². The van der Waals surface area contributed by atoms with Gasteiger partial charge in [0.05, 0.1) is 11.6 Å². The zero-order chi connectivity index (χ0) is 14.1. The van der Waals surface area contributed by atoms with Gasteiger partial charge >= 0.3 is 0 Å². The summed E-state index contributed by atoms with van der Waals surface area (Å²) in [7, 11) is 0. The van der Waals surface area contributed by atoms with Crippen LogP contribution in [0.4, 0.5) is 5.82 Å². The molecule has 0 radical (unpaired) electrons. The van der Waals surface area contributed by atoms with Crippen LogP contribution < -0.4 is 5.73 Å². The lowest BCUT2D eigenvalue weighted by Crippen LogP contribution is -2.05. The van der Waals surface area contributed by atoms with Crippen LogP contribution in [0.1, 0.15) is 43.6 Å². The topological polar surface area (TPSA) is 67.6 Å². The quantitative estimate of drug-likeness (QED) is 0.923. The van der Waals surface area contributed by atoms with E-state index in [0.29, 0.717) is 11.6 Å². The van der Waals surface area contributed by atoms with Crippen molar-refractivity contribution < 1.29 is 0 Å². The molecule has 0 saturated heterocycles. The third-order valence-corrected chi connectivity index (χ3v) is 3.67. The summed E-state index contributed by atoms with van der Waals surface area (Å²) in [4.78, 5) is 4.73. The molecule has 3 rings (SSSR count). The monoisotopic (exact) mass is 266 g/mol. The Morgan fingerprint density at radius 3 is 2.90 bits per heavy atom. The van der Waals surface area contributed by atoms with Crippen LogP contribution in [-0.4, -0.2) is 9.55 Å². The number of hydrogen-bond acceptors (Lipinski definition) is 3. The fraction of sp³-hybridized carbons (Fsp3) is 0.375. The largest absolute Gasteiger partial charge is 0.383 e. The third kappa shape index (κ3) is 2.16. The second-order valence-corrected chi connectivity index (χ2v) is 5.31. The summed E-state index contributed by atoms with van der Waals surface area (Å²) < 4.78 is 2.19. The molecule has 4 heteroatoms. The predicted octanol–water partition coefficient (Wildman–Crippen LogP) is 3.29. The lowest BCUT2D eigenvalue weighted by Gasteiger charge is -2.07. The normalized spacial score (nSPS) is 14.2. The van der Waals surface area contributed by atoms with Crippen LogP contribution in [0.25, 0.3) is 11.3 Å². The van der Waals surface area contributed by atoms with Crippen molar-refractivity contribution in [2.45, 2.75) is 38.6 Å². The van der Waals surface area contributed by atoms with Crippen molar-refractivity contribution in [2.75, 3.05) is 5.73 Å². The zero-order valence-corrected chi connectivity index (χ0v) is 11.6. The number of aryl methyl sites for hydroxylation is 1. The minimum absolute atomic E-state index is 0.525. The van der Waals surface area contributed by atoms with Gasteiger partial charge in [-0.3, -0.25) is 0 Å². The van der Waals surface area contributed by atoms with Gasteiger partial charge in [0.2, 0.25) is 0 Å². The van der Waals surface area contributed by atoms with E-state index in [-0.39, 0.29) is 0 Å². The second-order valence-electron chi connectivity index (χ2n) is 5.31. The van der Waals surface area contributed by atoms with Crippen LogP contribution >= 0.6 is 0 Å². The van der Waals surface area contributed by atoms with Gasteiger partial charge in [0.25, 0.3) is 0 Å². The predicted molar refractivity (Wildman–Crippen MR) is 79.1 cm³/mol. The van der Waals surface area contributed by atoms with Crippen LogP contribution in [0.2, 0.25) is 0 Å². The number of imidazole rings is 1. The lowest BCUT2D eigenvalue weighted by atomic mass is 10.1. The lowest BCUT2D eigenvalue weighted by molar-refractivity contribution is 0.676. The number of nitrogens with zero attached hydrogens (tertiary/aromatic N) is 3. The van der Waals surface area contributed by atoms with Gasteiger partial charge < -0.3 is 10.3 Å². The van der Waals surface area contributed by atoms with Gasteiger partial charge in [-0.1, -0.05) is 19.1 Å². The van der Waals surface area contributed by atoms with Crippen molar-refractivity contribution in [3.63, 3.8) is 0 Å². The molecular formula is C16H18N4. The molecule has 0 spiro atoms. The van der Waals surface area contributed by atoms with E-state index in [9.17, 15) is 0 Å². The SMILES string of the molecule is CCCc1nc(-c2cccc(C#N)c2)c(N)n1C1CC1. The maximum Gasteiger partial charge on any atom is 0.131 e. The van der Waals surface area contributed by atoms with E-state index < -0.39 is 0 Å². The Balaban J connectivity index is 2.09. The molecule has 102 valence electrons. The summed E-state index contributed by atoms with van der Waals surface area (Å²) in [6.45, 7) is 2.15. The van der Waals surface area contributed by atoms with E-state index in [2.05, 4.69) is 17.6 Å². The van der Waals surface area contributed by atoms with Crippen molar-refractivity contribution in [3.8, 4) is 17.3 Å². The molecule has 2 N–H and O–H groups in total. The van der Waals surface area contributed by atoms with E-state index in [1.807, 2.05) is 18.2 Å². The van der Waals surface area contributed by atoms with Crippen molar-refractivity contribution in [1.82, 2.24) is 9.55 Å². The first-order chi connectivity index (χ1) is 9.74. The van der Waals surface area contributed by atoms with Gasteiger partial charge in [0.1, 0.15) is 17.3 Å². The molecule has 0 unspecified atom stereocenters. The Morgan fingerprint density at radius 2 is 2.25 bits per heavy atom. The molecular weight excluding hydrogens is 248 g/mol. The molecule has 0 aliphatic heterocycles. The molecule has 1 saturated carbocycles. The summed E-state index contributed by atoms with van der Waals surface area (Å²) in [5.41, 5.74) is 8.70. The molecule has 1 aromatic heterocycles.